The van der Waals surface area contributed by atoms with Crippen molar-refractivity contribution in [1.29, 1.82) is 0 Å². The van der Waals surface area contributed by atoms with Crippen molar-refractivity contribution < 1.29 is 0 Å². The second-order valence-electron chi connectivity index (χ2n) is 5.82. The Bertz CT molecular complexity index is 987. The van der Waals surface area contributed by atoms with Crippen molar-refractivity contribution in [3.05, 3.63) is 80.7 Å². The molecule has 0 amide bonds. The number of hydrazone groups is 1. The van der Waals surface area contributed by atoms with Gasteiger partial charge < -0.3 is 0 Å². The summed E-state index contributed by atoms with van der Waals surface area (Å²) in [6.07, 6.45) is 1.64. The zero-order valence-electron chi connectivity index (χ0n) is 14.3. The van der Waals surface area contributed by atoms with Crippen molar-refractivity contribution in [2.75, 3.05) is 5.43 Å². The van der Waals surface area contributed by atoms with Gasteiger partial charge in [0.25, 0.3) is 5.56 Å². The summed E-state index contributed by atoms with van der Waals surface area (Å²) in [5, 5.41) is 4.93. The first-order chi connectivity index (χ1) is 12.0. The molecule has 0 aliphatic carbocycles. The van der Waals surface area contributed by atoms with Crippen molar-refractivity contribution in [3.8, 4) is 5.69 Å². The minimum absolute atomic E-state index is 0.0615. The molecule has 0 radical (unpaired) electrons. The topological polar surface area (TPSA) is 51.3 Å². The number of aryl methyl sites for hydroxylation is 1. The van der Waals surface area contributed by atoms with Crippen molar-refractivity contribution in [2.45, 2.75) is 13.8 Å². The van der Waals surface area contributed by atoms with Gasteiger partial charge in [-0.1, -0.05) is 35.9 Å². The molecule has 0 atom stereocenters. The van der Waals surface area contributed by atoms with Crippen LogP contribution in [0, 0.1) is 13.8 Å². The Morgan fingerprint density at radius 2 is 1.84 bits per heavy atom. The minimum Gasteiger partial charge on any atom is -0.279 e. The molecule has 3 rings (SSSR count). The van der Waals surface area contributed by atoms with Gasteiger partial charge in [-0.2, -0.15) is 5.10 Å². The van der Waals surface area contributed by atoms with Crippen LogP contribution in [0.3, 0.4) is 0 Å². The Morgan fingerprint density at radius 1 is 1.12 bits per heavy atom. The van der Waals surface area contributed by atoms with E-state index in [1.165, 1.54) is 0 Å². The van der Waals surface area contributed by atoms with E-state index in [2.05, 4.69) is 10.5 Å². The highest BCUT2D eigenvalue weighted by Crippen LogP contribution is 2.19. The normalized spacial score (nSPS) is 11.2. The lowest BCUT2D eigenvalue weighted by Crippen LogP contribution is -2.20. The molecule has 25 heavy (non-hydrogen) atoms. The van der Waals surface area contributed by atoms with Crippen LogP contribution < -0.4 is 11.0 Å². The molecule has 3 aromatic rings. The molecule has 0 aliphatic rings. The fourth-order valence-electron chi connectivity index (χ4n) is 2.63. The van der Waals surface area contributed by atoms with Crippen LogP contribution in [0.25, 0.3) is 5.69 Å². The fraction of sp³-hybridized carbons (Fsp3) is 0.158. The van der Waals surface area contributed by atoms with E-state index >= 15 is 0 Å². The maximum absolute atomic E-state index is 12.6. The summed E-state index contributed by atoms with van der Waals surface area (Å²) in [5.74, 6) is 0. The van der Waals surface area contributed by atoms with E-state index in [0.29, 0.717) is 10.6 Å². The van der Waals surface area contributed by atoms with Crippen LogP contribution in [-0.2, 0) is 7.05 Å². The van der Waals surface area contributed by atoms with Crippen LogP contribution in [0.4, 0.5) is 5.69 Å². The molecule has 0 fully saturated rings. The number of halogens is 1. The first-order valence-corrected chi connectivity index (χ1v) is 8.26. The Labute approximate surface area is 151 Å². The number of para-hydroxylation sites is 1. The van der Waals surface area contributed by atoms with Crippen molar-refractivity contribution in [3.63, 3.8) is 0 Å². The first-order valence-electron chi connectivity index (χ1n) is 7.88. The number of nitrogens with one attached hydrogen (secondary N) is 1. The summed E-state index contributed by atoms with van der Waals surface area (Å²) < 4.78 is 3.42. The molecule has 0 unspecified atom stereocenters. The number of benzene rings is 2. The van der Waals surface area contributed by atoms with Gasteiger partial charge in [0.15, 0.2) is 0 Å². The third-order valence-corrected chi connectivity index (χ3v) is 4.51. The lowest BCUT2D eigenvalue weighted by molar-refractivity contribution is 0.643. The Hall–Kier alpha value is -2.79. The maximum Gasteiger partial charge on any atom is 0.274 e. The summed E-state index contributed by atoms with van der Waals surface area (Å²) in [5.41, 5.74) is 6.87. The van der Waals surface area contributed by atoms with Crippen molar-refractivity contribution in [2.24, 2.45) is 12.1 Å². The van der Waals surface area contributed by atoms with Gasteiger partial charge >= 0.3 is 0 Å². The summed E-state index contributed by atoms with van der Waals surface area (Å²) in [6, 6.07) is 15.2. The van der Waals surface area contributed by atoms with Gasteiger partial charge in [-0.25, -0.2) is 4.68 Å². The molecule has 0 bridgehead atoms. The van der Waals surface area contributed by atoms with E-state index in [1.54, 1.807) is 22.5 Å². The van der Waals surface area contributed by atoms with Crippen molar-refractivity contribution in [1.82, 2.24) is 9.36 Å². The molecular weight excluding hydrogens is 336 g/mol. The van der Waals surface area contributed by atoms with E-state index in [0.717, 1.165) is 22.6 Å². The van der Waals surface area contributed by atoms with Gasteiger partial charge in [0, 0.05) is 17.6 Å². The van der Waals surface area contributed by atoms with Crippen LogP contribution in [0.2, 0.25) is 5.02 Å². The van der Waals surface area contributed by atoms with Crippen LogP contribution in [-0.4, -0.2) is 15.6 Å². The number of hydrogen-bond acceptors (Lipinski definition) is 3. The molecule has 128 valence electrons. The highest BCUT2D eigenvalue weighted by atomic mass is 35.5. The summed E-state index contributed by atoms with van der Waals surface area (Å²) in [4.78, 5) is 12.6. The molecule has 1 aromatic heterocycles. The molecule has 5 nitrogen and oxygen atoms in total. The Balaban J connectivity index is 1.90. The minimum atomic E-state index is -0.0615. The average molecular weight is 355 g/mol. The highest BCUT2D eigenvalue weighted by molar-refractivity contribution is 6.31. The summed E-state index contributed by atoms with van der Waals surface area (Å²) in [7, 11) is 1.84. The zero-order valence-corrected chi connectivity index (χ0v) is 15.1. The number of rotatable bonds is 4. The Morgan fingerprint density at radius 3 is 2.52 bits per heavy atom. The van der Waals surface area contributed by atoms with Crippen LogP contribution in [0.5, 0.6) is 0 Å². The van der Waals surface area contributed by atoms with Crippen LogP contribution in [0.15, 0.2) is 58.4 Å². The van der Waals surface area contributed by atoms with Gasteiger partial charge in [-0.3, -0.25) is 14.9 Å². The van der Waals surface area contributed by atoms with Crippen LogP contribution >= 0.6 is 11.6 Å². The fourth-order valence-corrected chi connectivity index (χ4v) is 2.81. The first kappa shape index (κ1) is 17.0. The van der Waals surface area contributed by atoms with Gasteiger partial charge in [-0.05, 0) is 43.7 Å². The number of hydrogen-bond donors (Lipinski definition) is 1. The standard InChI is InChI=1S/C19H19ClN4O/c1-13-9-10-15(11-17(13)20)22-21-12-18-14(2)19(25)24(23(18)3)16-7-5-4-6-8-16/h4-12,22H,1-3H3/b21-12+. The van der Waals surface area contributed by atoms with E-state index in [9.17, 15) is 4.79 Å². The molecule has 0 aliphatic heterocycles. The monoisotopic (exact) mass is 354 g/mol. The lowest BCUT2D eigenvalue weighted by atomic mass is 10.2. The Kier molecular flexibility index (Phi) is 4.76. The second kappa shape index (κ2) is 6.99. The van der Waals surface area contributed by atoms with Gasteiger partial charge in [0.1, 0.15) is 0 Å². The van der Waals surface area contributed by atoms with E-state index in [1.807, 2.05) is 62.5 Å². The number of anilines is 1. The third-order valence-electron chi connectivity index (χ3n) is 4.10. The molecular formula is C19H19ClN4O. The van der Waals surface area contributed by atoms with E-state index in [-0.39, 0.29) is 5.56 Å². The van der Waals surface area contributed by atoms with Gasteiger partial charge in [0.05, 0.1) is 23.3 Å². The summed E-state index contributed by atoms with van der Waals surface area (Å²) >= 11 is 6.11. The quantitative estimate of drug-likeness (QED) is 0.570. The molecule has 1 heterocycles. The maximum atomic E-state index is 12.6. The lowest BCUT2D eigenvalue weighted by Gasteiger charge is -2.08. The predicted molar refractivity (Wildman–Crippen MR) is 103 cm³/mol. The molecule has 0 saturated heterocycles. The van der Waals surface area contributed by atoms with Gasteiger partial charge in [-0.15, -0.1) is 0 Å². The number of nitrogens with zero attached hydrogens (tertiary/aromatic N) is 3. The van der Waals surface area contributed by atoms with Crippen LogP contribution in [0.1, 0.15) is 16.8 Å². The van der Waals surface area contributed by atoms with E-state index < -0.39 is 0 Å². The van der Waals surface area contributed by atoms with Gasteiger partial charge in [0.2, 0.25) is 0 Å². The largest absolute Gasteiger partial charge is 0.279 e. The predicted octanol–water partition coefficient (Wildman–Crippen LogP) is 3.89. The molecule has 6 heteroatoms. The SMILES string of the molecule is Cc1ccc(N/N=C/c2c(C)c(=O)n(-c3ccccc3)n2C)cc1Cl. The third kappa shape index (κ3) is 3.37. The average Bonchev–Trinajstić information content (AvgIpc) is 2.82. The second-order valence-corrected chi connectivity index (χ2v) is 6.23. The molecule has 2 aromatic carbocycles. The zero-order chi connectivity index (χ0) is 18.0. The molecule has 1 N–H and O–H groups in total. The smallest absolute Gasteiger partial charge is 0.274 e. The molecule has 0 spiro atoms. The molecule has 0 saturated carbocycles. The summed E-state index contributed by atoms with van der Waals surface area (Å²) in [6.45, 7) is 3.74. The van der Waals surface area contributed by atoms with Crippen molar-refractivity contribution >= 4 is 23.5 Å². The van der Waals surface area contributed by atoms with E-state index in [4.69, 9.17) is 11.6 Å². The number of aromatic nitrogens is 2. The highest BCUT2D eigenvalue weighted by Gasteiger charge is 2.13.